The normalized spacial score (nSPS) is 9.56. The van der Waals surface area contributed by atoms with Crippen molar-refractivity contribution in [2.45, 2.75) is 6.61 Å². The highest BCUT2D eigenvalue weighted by molar-refractivity contribution is 5.36. The maximum atomic E-state index is 5.66. The molecule has 0 spiro atoms. The van der Waals surface area contributed by atoms with Crippen LogP contribution in [0.4, 0.5) is 0 Å². The predicted molar refractivity (Wildman–Crippen MR) is 71.7 cm³/mol. The van der Waals surface area contributed by atoms with E-state index in [1.165, 1.54) is 0 Å². The highest BCUT2D eigenvalue weighted by Gasteiger charge is 1.97. The van der Waals surface area contributed by atoms with E-state index in [0.29, 0.717) is 6.61 Å². The standard InChI is InChI=1S/C16H14O2/c1-3-13-4-10-16(11-5-13)18-12-14-6-8-15(17-2)9-7-14/h1,4-11H,12H2,2H3. The number of rotatable bonds is 4. The molecule has 0 saturated carbocycles. The van der Waals surface area contributed by atoms with Crippen molar-refractivity contribution in [3.63, 3.8) is 0 Å². The molecule has 18 heavy (non-hydrogen) atoms. The van der Waals surface area contributed by atoms with Crippen LogP contribution in [-0.4, -0.2) is 7.11 Å². The molecule has 0 heterocycles. The summed E-state index contributed by atoms with van der Waals surface area (Å²) in [6.07, 6.45) is 5.29. The fourth-order valence-electron chi connectivity index (χ4n) is 1.54. The summed E-state index contributed by atoms with van der Waals surface area (Å²) in [6.45, 7) is 0.527. The van der Waals surface area contributed by atoms with Gasteiger partial charge >= 0.3 is 0 Å². The summed E-state index contributed by atoms with van der Waals surface area (Å²) in [6, 6.07) is 15.3. The molecule has 0 atom stereocenters. The summed E-state index contributed by atoms with van der Waals surface area (Å²) in [7, 11) is 1.65. The minimum absolute atomic E-state index is 0.527. The summed E-state index contributed by atoms with van der Waals surface area (Å²) < 4.78 is 10.8. The summed E-state index contributed by atoms with van der Waals surface area (Å²) in [5.74, 6) is 4.23. The molecule has 0 aliphatic carbocycles. The van der Waals surface area contributed by atoms with E-state index in [4.69, 9.17) is 15.9 Å². The van der Waals surface area contributed by atoms with Crippen LogP contribution in [0.3, 0.4) is 0 Å². The SMILES string of the molecule is C#Cc1ccc(OCc2ccc(OC)cc2)cc1. The Balaban J connectivity index is 1.95. The molecule has 0 N–H and O–H groups in total. The van der Waals surface area contributed by atoms with Crippen molar-refractivity contribution < 1.29 is 9.47 Å². The topological polar surface area (TPSA) is 18.5 Å². The van der Waals surface area contributed by atoms with Crippen molar-refractivity contribution >= 4 is 0 Å². The minimum Gasteiger partial charge on any atom is -0.497 e. The van der Waals surface area contributed by atoms with E-state index < -0.39 is 0 Å². The first-order valence-corrected chi connectivity index (χ1v) is 5.64. The number of terminal acetylenes is 1. The lowest BCUT2D eigenvalue weighted by Crippen LogP contribution is -1.95. The highest BCUT2D eigenvalue weighted by atomic mass is 16.5. The second kappa shape index (κ2) is 5.79. The van der Waals surface area contributed by atoms with Gasteiger partial charge in [0.1, 0.15) is 18.1 Å². The lowest BCUT2D eigenvalue weighted by atomic mass is 10.2. The molecule has 2 aromatic rings. The lowest BCUT2D eigenvalue weighted by Gasteiger charge is -2.07. The average molecular weight is 238 g/mol. The van der Waals surface area contributed by atoms with Crippen molar-refractivity contribution in [2.75, 3.05) is 7.11 Å². The molecule has 0 fully saturated rings. The van der Waals surface area contributed by atoms with Gasteiger partial charge in [0.2, 0.25) is 0 Å². The highest BCUT2D eigenvalue weighted by Crippen LogP contribution is 2.15. The van der Waals surface area contributed by atoms with E-state index in [9.17, 15) is 0 Å². The zero-order chi connectivity index (χ0) is 12.8. The van der Waals surface area contributed by atoms with E-state index in [-0.39, 0.29) is 0 Å². The lowest BCUT2D eigenvalue weighted by molar-refractivity contribution is 0.306. The monoisotopic (exact) mass is 238 g/mol. The van der Waals surface area contributed by atoms with Gasteiger partial charge in [-0.05, 0) is 42.0 Å². The quantitative estimate of drug-likeness (QED) is 0.761. The fourth-order valence-corrected chi connectivity index (χ4v) is 1.54. The first-order chi connectivity index (χ1) is 8.81. The average Bonchev–Trinajstić information content (AvgIpc) is 2.46. The van der Waals surface area contributed by atoms with Gasteiger partial charge in [-0.2, -0.15) is 0 Å². The Morgan fingerprint density at radius 1 is 0.944 bits per heavy atom. The van der Waals surface area contributed by atoms with E-state index in [1.54, 1.807) is 7.11 Å². The molecule has 90 valence electrons. The number of benzene rings is 2. The van der Waals surface area contributed by atoms with Crippen LogP contribution in [-0.2, 0) is 6.61 Å². The molecule has 2 heteroatoms. The van der Waals surface area contributed by atoms with Crippen LogP contribution in [0.25, 0.3) is 0 Å². The van der Waals surface area contributed by atoms with E-state index in [1.807, 2.05) is 48.5 Å². The van der Waals surface area contributed by atoms with Crippen molar-refractivity contribution in [1.29, 1.82) is 0 Å². The number of hydrogen-bond acceptors (Lipinski definition) is 2. The first kappa shape index (κ1) is 12.1. The first-order valence-electron chi connectivity index (χ1n) is 5.64. The van der Waals surface area contributed by atoms with Gasteiger partial charge in [0, 0.05) is 5.56 Å². The molecule has 2 aromatic carbocycles. The fraction of sp³-hybridized carbons (Fsp3) is 0.125. The van der Waals surface area contributed by atoms with E-state index in [0.717, 1.165) is 22.6 Å². The maximum absolute atomic E-state index is 5.66. The van der Waals surface area contributed by atoms with Crippen LogP contribution in [0.15, 0.2) is 48.5 Å². The molecule has 0 bridgehead atoms. The molecule has 2 rings (SSSR count). The molecule has 0 aliphatic heterocycles. The molecular formula is C16H14O2. The van der Waals surface area contributed by atoms with Gasteiger partial charge in [-0.15, -0.1) is 6.42 Å². The van der Waals surface area contributed by atoms with Gasteiger partial charge in [-0.1, -0.05) is 18.1 Å². The third kappa shape index (κ3) is 3.05. The Morgan fingerprint density at radius 2 is 1.56 bits per heavy atom. The van der Waals surface area contributed by atoms with Crippen LogP contribution in [0.1, 0.15) is 11.1 Å². The molecule has 0 radical (unpaired) electrons. The van der Waals surface area contributed by atoms with Crippen molar-refractivity contribution in [1.82, 2.24) is 0 Å². The molecule has 0 unspecified atom stereocenters. The molecule has 0 amide bonds. The second-order valence-electron chi connectivity index (χ2n) is 3.81. The zero-order valence-electron chi connectivity index (χ0n) is 10.2. The predicted octanol–water partition coefficient (Wildman–Crippen LogP) is 3.26. The summed E-state index contributed by atoms with van der Waals surface area (Å²) in [5.41, 5.74) is 1.95. The molecule has 0 saturated heterocycles. The van der Waals surface area contributed by atoms with Gasteiger partial charge in [0.15, 0.2) is 0 Å². The smallest absolute Gasteiger partial charge is 0.119 e. The van der Waals surface area contributed by atoms with Crippen LogP contribution in [0, 0.1) is 12.3 Å². The van der Waals surface area contributed by atoms with Crippen LogP contribution < -0.4 is 9.47 Å². The van der Waals surface area contributed by atoms with E-state index in [2.05, 4.69) is 5.92 Å². The van der Waals surface area contributed by atoms with Gasteiger partial charge < -0.3 is 9.47 Å². The third-order valence-corrected chi connectivity index (χ3v) is 2.59. The minimum atomic E-state index is 0.527. The third-order valence-electron chi connectivity index (χ3n) is 2.59. The Hall–Kier alpha value is -2.40. The zero-order valence-corrected chi connectivity index (χ0v) is 10.2. The van der Waals surface area contributed by atoms with Crippen molar-refractivity contribution in [3.05, 3.63) is 59.7 Å². The number of methoxy groups -OCH3 is 1. The summed E-state index contributed by atoms with van der Waals surface area (Å²) >= 11 is 0. The molecule has 2 nitrogen and oxygen atoms in total. The Bertz CT molecular complexity index is 533. The van der Waals surface area contributed by atoms with Gasteiger partial charge in [-0.3, -0.25) is 0 Å². The van der Waals surface area contributed by atoms with Crippen molar-refractivity contribution in [3.8, 4) is 23.8 Å². The Kier molecular flexibility index (Phi) is 3.88. The largest absolute Gasteiger partial charge is 0.497 e. The van der Waals surface area contributed by atoms with Gasteiger partial charge in [-0.25, -0.2) is 0 Å². The van der Waals surface area contributed by atoms with Gasteiger partial charge in [0.05, 0.1) is 7.11 Å². The second-order valence-corrected chi connectivity index (χ2v) is 3.81. The van der Waals surface area contributed by atoms with Crippen LogP contribution in [0.5, 0.6) is 11.5 Å². The van der Waals surface area contributed by atoms with Crippen LogP contribution in [0.2, 0.25) is 0 Å². The number of ether oxygens (including phenoxy) is 2. The van der Waals surface area contributed by atoms with Gasteiger partial charge in [0.25, 0.3) is 0 Å². The van der Waals surface area contributed by atoms with E-state index >= 15 is 0 Å². The molecular weight excluding hydrogens is 224 g/mol. The van der Waals surface area contributed by atoms with Crippen molar-refractivity contribution in [2.24, 2.45) is 0 Å². The Morgan fingerprint density at radius 3 is 2.11 bits per heavy atom. The molecule has 0 aliphatic rings. The van der Waals surface area contributed by atoms with Crippen LogP contribution >= 0.6 is 0 Å². The number of hydrogen-bond donors (Lipinski definition) is 0. The summed E-state index contributed by atoms with van der Waals surface area (Å²) in [4.78, 5) is 0. The maximum Gasteiger partial charge on any atom is 0.119 e. The molecule has 0 aromatic heterocycles. The Labute approximate surface area is 107 Å². The summed E-state index contributed by atoms with van der Waals surface area (Å²) in [5, 5.41) is 0.